The monoisotopic (exact) mass is 369 g/mol. The van der Waals surface area contributed by atoms with E-state index in [1.54, 1.807) is 6.07 Å². The first-order valence-corrected chi connectivity index (χ1v) is 8.09. The smallest absolute Gasteiger partial charge is 0.142 e. The van der Waals surface area contributed by atoms with Gasteiger partial charge in [0, 0.05) is 4.47 Å². The lowest BCUT2D eigenvalue weighted by molar-refractivity contribution is 0.491. The summed E-state index contributed by atoms with van der Waals surface area (Å²) in [7, 11) is 1.93. The Morgan fingerprint density at radius 1 is 1.10 bits per heavy atom. The summed E-state index contributed by atoms with van der Waals surface area (Å²) in [6.07, 6.45) is 1.66. The average molecular weight is 371 g/mol. The van der Waals surface area contributed by atoms with Gasteiger partial charge in [0.25, 0.3) is 0 Å². The molecule has 0 fully saturated rings. The van der Waals surface area contributed by atoms with Gasteiger partial charge < -0.3 is 5.32 Å². The first-order chi connectivity index (χ1) is 10.1. The summed E-state index contributed by atoms with van der Waals surface area (Å²) in [6.45, 7) is 0.855. The Balaban J connectivity index is 2.16. The number of hydrogen-bond donors (Lipinski definition) is 1. The molecular formula is C17H18BrClFN. The van der Waals surface area contributed by atoms with Crippen molar-refractivity contribution in [2.24, 2.45) is 5.92 Å². The van der Waals surface area contributed by atoms with Crippen molar-refractivity contribution >= 4 is 27.5 Å². The Labute approximate surface area is 138 Å². The number of halogens is 3. The molecule has 1 nitrogen and oxygen atoms in total. The fourth-order valence-electron chi connectivity index (χ4n) is 2.50. The number of rotatable bonds is 6. The number of nitrogens with one attached hydrogen (secondary N) is 1. The fourth-order valence-corrected chi connectivity index (χ4v) is 3.15. The van der Waals surface area contributed by atoms with E-state index in [0.717, 1.165) is 29.4 Å². The van der Waals surface area contributed by atoms with Gasteiger partial charge in [-0.1, -0.05) is 57.9 Å². The van der Waals surface area contributed by atoms with E-state index in [1.165, 1.54) is 11.6 Å². The minimum atomic E-state index is -0.349. The van der Waals surface area contributed by atoms with E-state index in [4.69, 9.17) is 11.6 Å². The first kappa shape index (κ1) is 16.5. The van der Waals surface area contributed by atoms with Crippen LogP contribution < -0.4 is 5.32 Å². The maximum absolute atomic E-state index is 13.6. The van der Waals surface area contributed by atoms with Crippen LogP contribution in [0.25, 0.3) is 0 Å². The van der Waals surface area contributed by atoms with Crippen molar-refractivity contribution in [3.63, 3.8) is 0 Å². The zero-order chi connectivity index (χ0) is 15.2. The largest absolute Gasteiger partial charge is 0.319 e. The molecule has 0 spiro atoms. The molecule has 2 aromatic carbocycles. The molecule has 0 radical (unpaired) electrons. The van der Waals surface area contributed by atoms with Gasteiger partial charge in [-0.2, -0.15) is 0 Å². The lowest BCUT2D eigenvalue weighted by atomic mass is 9.92. The van der Waals surface area contributed by atoms with Gasteiger partial charge in [-0.25, -0.2) is 4.39 Å². The summed E-state index contributed by atoms with van der Waals surface area (Å²) >= 11 is 9.65. The van der Waals surface area contributed by atoms with E-state index < -0.39 is 0 Å². The Morgan fingerprint density at radius 2 is 1.76 bits per heavy atom. The molecule has 0 aliphatic rings. The molecular weight excluding hydrogens is 353 g/mol. The van der Waals surface area contributed by atoms with Crippen LogP contribution in [-0.2, 0) is 12.8 Å². The maximum atomic E-state index is 13.6. The third-order valence-electron chi connectivity index (χ3n) is 3.50. The van der Waals surface area contributed by atoms with Gasteiger partial charge in [0.15, 0.2) is 0 Å². The van der Waals surface area contributed by atoms with Crippen LogP contribution in [0.15, 0.2) is 46.9 Å². The molecule has 1 N–H and O–H groups in total. The van der Waals surface area contributed by atoms with Gasteiger partial charge in [-0.3, -0.25) is 0 Å². The van der Waals surface area contributed by atoms with Crippen LogP contribution in [0.5, 0.6) is 0 Å². The highest BCUT2D eigenvalue weighted by Gasteiger charge is 2.15. The van der Waals surface area contributed by atoms with Crippen LogP contribution in [0, 0.1) is 11.7 Å². The molecule has 0 amide bonds. The molecule has 112 valence electrons. The van der Waals surface area contributed by atoms with Crippen molar-refractivity contribution in [3.8, 4) is 0 Å². The standard InChI is InChI=1S/C17H18BrClFN/c1-21-11-12(9-13-5-2-3-7-15(13)18)10-14-6-4-8-16(20)17(14)19/h2-8,12,21H,9-11H2,1H3. The van der Waals surface area contributed by atoms with Crippen LogP contribution >= 0.6 is 27.5 Å². The van der Waals surface area contributed by atoms with Gasteiger partial charge >= 0.3 is 0 Å². The van der Waals surface area contributed by atoms with Gasteiger partial charge in [-0.05, 0) is 55.6 Å². The number of hydrogen-bond acceptors (Lipinski definition) is 1. The molecule has 0 bridgehead atoms. The van der Waals surface area contributed by atoms with E-state index in [1.807, 2.05) is 31.3 Å². The molecule has 0 saturated carbocycles. The molecule has 1 atom stereocenters. The highest BCUT2D eigenvalue weighted by molar-refractivity contribution is 9.10. The summed E-state index contributed by atoms with van der Waals surface area (Å²) in [5.74, 6) is 0.00580. The SMILES string of the molecule is CNCC(Cc1ccccc1Br)Cc1cccc(F)c1Cl. The Hall–Kier alpha value is -0.900. The molecule has 0 heterocycles. The van der Waals surface area contributed by atoms with E-state index in [9.17, 15) is 4.39 Å². The average Bonchev–Trinajstić information content (AvgIpc) is 2.46. The lowest BCUT2D eigenvalue weighted by Gasteiger charge is -2.18. The molecule has 0 saturated heterocycles. The quantitative estimate of drug-likeness (QED) is 0.765. The third kappa shape index (κ3) is 4.53. The summed E-state index contributed by atoms with van der Waals surface area (Å²) in [6, 6.07) is 13.2. The highest BCUT2D eigenvalue weighted by Crippen LogP contribution is 2.25. The minimum absolute atomic E-state index is 0.241. The zero-order valence-electron chi connectivity index (χ0n) is 11.9. The van der Waals surface area contributed by atoms with E-state index in [-0.39, 0.29) is 10.8 Å². The van der Waals surface area contributed by atoms with Crippen molar-refractivity contribution < 1.29 is 4.39 Å². The first-order valence-electron chi connectivity index (χ1n) is 6.92. The highest BCUT2D eigenvalue weighted by atomic mass is 79.9. The number of benzene rings is 2. The van der Waals surface area contributed by atoms with E-state index in [0.29, 0.717) is 5.92 Å². The van der Waals surface area contributed by atoms with Gasteiger partial charge in [0.2, 0.25) is 0 Å². The van der Waals surface area contributed by atoms with E-state index >= 15 is 0 Å². The second kappa shape index (κ2) is 7.92. The molecule has 1 unspecified atom stereocenters. The van der Waals surface area contributed by atoms with Crippen molar-refractivity contribution in [2.75, 3.05) is 13.6 Å². The molecule has 0 aliphatic carbocycles. The van der Waals surface area contributed by atoms with Gasteiger partial charge in [0.05, 0.1) is 5.02 Å². The van der Waals surface area contributed by atoms with E-state index in [2.05, 4.69) is 27.3 Å². The third-order valence-corrected chi connectivity index (χ3v) is 4.70. The Bertz CT molecular complexity index is 603. The summed E-state index contributed by atoms with van der Waals surface area (Å²) in [5.41, 5.74) is 2.12. The predicted molar refractivity (Wildman–Crippen MR) is 90.4 cm³/mol. The van der Waals surface area contributed by atoms with Crippen LogP contribution in [0.3, 0.4) is 0 Å². The molecule has 21 heavy (non-hydrogen) atoms. The summed E-state index contributed by atoms with van der Waals surface area (Å²) < 4.78 is 14.7. The predicted octanol–water partition coefficient (Wildman–Crippen LogP) is 4.86. The summed E-state index contributed by atoms with van der Waals surface area (Å²) in [5, 5.41) is 3.45. The summed E-state index contributed by atoms with van der Waals surface area (Å²) in [4.78, 5) is 0. The van der Waals surface area contributed by atoms with Crippen molar-refractivity contribution in [1.29, 1.82) is 0 Å². The van der Waals surface area contributed by atoms with Crippen LogP contribution in [0.4, 0.5) is 4.39 Å². The lowest BCUT2D eigenvalue weighted by Crippen LogP contribution is -2.23. The molecule has 2 rings (SSSR count). The topological polar surface area (TPSA) is 12.0 Å². The molecule has 2 aromatic rings. The van der Waals surface area contributed by atoms with Gasteiger partial charge in [0.1, 0.15) is 5.82 Å². The molecule has 0 aromatic heterocycles. The minimum Gasteiger partial charge on any atom is -0.319 e. The van der Waals surface area contributed by atoms with Crippen LogP contribution in [0.1, 0.15) is 11.1 Å². The normalized spacial score (nSPS) is 12.4. The zero-order valence-corrected chi connectivity index (χ0v) is 14.2. The Kier molecular flexibility index (Phi) is 6.22. The second-order valence-electron chi connectivity index (χ2n) is 5.14. The van der Waals surface area contributed by atoms with Crippen LogP contribution in [0.2, 0.25) is 5.02 Å². The van der Waals surface area contributed by atoms with Gasteiger partial charge in [-0.15, -0.1) is 0 Å². The molecule has 0 aliphatic heterocycles. The second-order valence-corrected chi connectivity index (χ2v) is 6.37. The maximum Gasteiger partial charge on any atom is 0.142 e. The fraction of sp³-hybridized carbons (Fsp3) is 0.294. The van der Waals surface area contributed by atoms with Crippen molar-refractivity contribution in [3.05, 3.63) is 68.9 Å². The van der Waals surface area contributed by atoms with Crippen molar-refractivity contribution in [2.45, 2.75) is 12.8 Å². The Morgan fingerprint density at radius 3 is 2.48 bits per heavy atom. The van der Waals surface area contributed by atoms with Crippen LogP contribution in [-0.4, -0.2) is 13.6 Å². The molecule has 4 heteroatoms. The van der Waals surface area contributed by atoms with Crippen molar-refractivity contribution in [1.82, 2.24) is 5.32 Å².